The molecule has 2 N–H and O–H groups in total. The van der Waals surface area contributed by atoms with Gasteiger partial charge < -0.3 is 9.84 Å². The van der Waals surface area contributed by atoms with Crippen molar-refractivity contribution in [3.05, 3.63) is 46.2 Å². The van der Waals surface area contributed by atoms with Crippen LogP contribution in [0.1, 0.15) is 19.4 Å². The van der Waals surface area contributed by atoms with Crippen molar-refractivity contribution >= 4 is 27.4 Å². The highest BCUT2D eigenvalue weighted by Crippen LogP contribution is 2.40. The quantitative estimate of drug-likeness (QED) is 0.866. The Morgan fingerprint density at radius 2 is 2.09 bits per heavy atom. The molecule has 0 amide bonds. The van der Waals surface area contributed by atoms with E-state index in [0.29, 0.717) is 0 Å². The SMILES string of the molecule is CCS(=O)(=O)NC1=C(O)C(=O)C(C)(c2cc(F)ccc2Cl)O1. The van der Waals surface area contributed by atoms with E-state index >= 15 is 0 Å². The number of halogens is 2. The Hall–Kier alpha value is -1.80. The zero-order valence-electron chi connectivity index (χ0n) is 11.7. The predicted octanol–water partition coefficient (Wildman–Crippen LogP) is 1.96. The van der Waals surface area contributed by atoms with Crippen molar-refractivity contribution in [2.45, 2.75) is 19.4 Å². The summed E-state index contributed by atoms with van der Waals surface area (Å²) in [6, 6.07) is 3.33. The third-order valence-corrected chi connectivity index (χ3v) is 4.83. The van der Waals surface area contributed by atoms with Gasteiger partial charge >= 0.3 is 0 Å². The summed E-state index contributed by atoms with van der Waals surface area (Å²) in [4.78, 5) is 12.2. The molecule has 1 unspecified atom stereocenters. The second kappa shape index (κ2) is 5.44. The molecule has 6 nitrogen and oxygen atoms in total. The van der Waals surface area contributed by atoms with Gasteiger partial charge in [0.05, 0.1) is 5.75 Å². The van der Waals surface area contributed by atoms with Gasteiger partial charge in [-0.1, -0.05) is 11.6 Å². The number of hydrogen-bond donors (Lipinski definition) is 2. The number of Topliss-reactive ketones (excluding diaryl/α,β-unsaturated/α-hetero) is 1. The second-order valence-electron chi connectivity index (χ2n) is 4.77. The van der Waals surface area contributed by atoms with E-state index in [4.69, 9.17) is 16.3 Å². The lowest BCUT2D eigenvalue weighted by Gasteiger charge is -2.24. The Kier molecular flexibility index (Phi) is 4.09. The van der Waals surface area contributed by atoms with E-state index in [1.54, 1.807) is 0 Å². The number of benzene rings is 1. The monoisotopic (exact) mass is 349 g/mol. The third-order valence-electron chi connectivity index (χ3n) is 3.24. The molecule has 0 spiro atoms. The van der Waals surface area contributed by atoms with E-state index in [9.17, 15) is 22.7 Å². The predicted molar refractivity (Wildman–Crippen MR) is 77.1 cm³/mol. The normalized spacial score (nSPS) is 21.9. The van der Waals surface area contributed by atoms with Gasteiger partial charge in [0.1, 0.15) is 5.82 Å². The Morgan fingerprint density at radius 3 is 2.68 bits per heavy atom. The molecule has 0 fully saturated rings. The molecule has 2 rings (SSSR count). The molecule has 22 heavy (non-hydrogen) atoms. The van der Waals surface area contributed by atoms with E-state index in [0.717, 1.165) is 12.1 Å². The number of sulfonamides is 1. The van der Waals surface area contributed by atoms with Crippen molar-refractivity contribution in [1.82, 2.24) is 4.72 Å². The minimum Gasteiger partial charge on any atom is -0.501 e. The summed E-state index contributed by atoms with van der Waals surface area (Å²) >= 11 is 5.95. The fourth-order valence-electron chi connectivity index (χ4n) is 1.95. The van der Waals surface area contributed by atoms with Crippen LogP contribution in [0.5, 0.6) is 0 Å². The number of carbonyl (C=O) groups excluding carboxylic acids is 1. The molecular formula is C13H13ClFNO5S. The first-order chi connectivity index (χ1) is 10.1. The zero-order valence-corrected chi connectivity index (χ0v) is 13.3. The molecule has 0 bridgehead atoms. The molecule has 0 radical (unpaired) electrons. The first-order valence-corrected chi connectivity index (χ1v) is 8.27. The van der Waals surface area contributed by atoms with Crippen LogP contribution in [0.4, 0.5) is 4.39 Å². The number of aliphatic hydroxyl groups is 1. The van der Waals surface area contributed by atoms with Gasteiger partial charge in [-0.25, -0.2) is 12.8 Å². The number of nitrogens with one attached hydrogen (secondary N) is 1. The van der Waals surface area contributed by atoms with Crippen LogP contribution in [0.25, 0.3) is 0 Å². The van der Waals surface area contributed by atoms with E-state index in [1.807, 2.05) is 4.72 Å². The van der Waals surface area contributed by atoms with Crippen molar-refractivity contribution in [2.24, 2.45) is 0 Å². The average Bonchev–Trinajstić information content (AvgIpc) is 2.66. The highest BCUT2D eigenvalue weighted by atomic mass is 35.5. The van der Waals surface area contributed by atoms with Gasteiger partial charge in [-0.2, -0.15) is 0 Å². The minimum absolute atomic E-state index is 0.0172. The fourth-order valence-corrected chi connectivity index (χ4v) is 2.81. The smallest absolute Gasteiger partial charge is 0.250 e. The van der Waals surface area contributed by atoms with Gasteiger partial charge in [-0.05, 0) is 32.0 Å². The van der Waals surface area contributed by atoms with Crippen LogP contribution < -0.4 is 4.72 Å². The van der Waals surface area contributed by atoms with Crippen LogP contribution in [0.15, 0.2) is 29.8 Å². The number of hydrogen-bond acceptors (Lipinski definition) is 5. The molecule has 1 heterocycles. The topological polar surface area (TPSA) is 92.7 Å². The van der Waals surface area contributed by atoms with Gasteiger partial charge in [0.25, 0.3) is 5.78 Å². The summed E-state index contributed by atoms with van der Waals surface area (Å²) in [6.07, 6.45) is 0. The molecule has 0 saturated carbocycles. The summed E-state index contributed by atoms with van der Waals surface area (Å²) in [5, 5.41) is 9.86. The first-order valence-electron chi connectivity index (χ1n) is 6.24. The lowest BCUT2D eigenvalue weighted by atomic mass is 9.91. The summed E-state index contributed by atoms with van der Waals surface area (Å²) < 4.78 is 43.7. The van der Waals surface area contributed by atoms with Crippen LogP contribution in [0, 0.1) is 5.82 Å². The van der Waals surface area contributed by atoms with Crippen LogP contribution in [-0.2, 0) is 25.2 Å². The highest BCUT2D eigenvalue weighted by Gasteiger charge is 2.49. The lowest BCUT2D eigenvalue weighted by molar-refractivity contribution is -0.131. The molecule has 120 valence electrons. The molecular weight excluding hydrogens is 337 g/mol. The van der Waals surface area contributed by atoms with Crippen LogP contribution >= 0.6 is 11.6 Å². The van der Waals surface area contributed by atoms with Crippen LogP contribution in [-0.4, -0.2) is 25.1 Å². The molecule has 9 heteroatoms. The fraction of sp³-hybridized carbons (Fsp3) is 0.308. The van der Waals surface area contributed by atoms with Crippen molar-refractivity contribution in [1.29, 1.82) is 0 Å². The molecule has 1 aromatic rings. The number of rotatable bonds is 4. The Bertz CT molecular complexity index is 777. The maximum atomic E-state index is 13.4. The van der Waals surface area contributed by atoms with Crippen molar-refractivity contribution in [3.8, 4) is 0 Å². The van der Waals surface area contributed by atoms with Crippen molar-refractivity contribution in [3.63, 3.8) is 0 Å². The van der Waals surface area contributed by atoms with Gasteiger partial charge in [-0.15, -0.1) is 0 Å². The van der Waals surface area contributed by atoms with Gasteiger partial charge in [-0.3, -0.25) is 9.52 Å². The Labute approximate surface area is 131 Å². The van der Waals surface area contributed by atoms with E-state index in [1.165, 1.54) is 19.9 Å². The number of ether oxygens (including phenoxy) is 1. The maximum absolute atomic E-state index is 13.4. The third kappa shape index (κ3) is 2.76. The van der Waals surface area contributed by atoms with Gasteiger partial charge in [0.15, 0.2) is 0 Å². The highest BCUT2D eigenvalue weighted by molar-refractivity contribution is 7.89. The largest absolute Gasteiger partial charge is 0.501 e. The summed E-state index contributed by atoms with van der Waals surface area (Å²) in [5.74, 6) is -3.35. The molecule has 1 aliphatic rings. The summed E-state index contributed by atoms with van der Waals surface area (Å²) in [5.41, 5.74) is -1.84. The van der Waals surface area contributed by atoms with E-state index < -0.39 is 38.9 Å². The Morgan fingerprint density at radius 1 is 1.45 bits per heavy atom. The number of ketones is 1. The molecule has 0 saturated heterocycles. The number of carbonyl (C=O) groups is 1. The summed E-state index contributed by atoms with van der Waals surface area (Å²) in [7, 11) is -3.76. The first kappa shape index (κ1) is 16.6. The second-order valence-corrected chi connectivity index (χ2v) is 7.19. The van der Waals surface area contributed by atoms with Crippen LogP contribution in [0.3, 0.4) is 0 Å². The minimum atomic E-state index is -3.76. The molecule has 1 aromatic carbocycles. The average molecular weight is 350 g/mol. The van der Waals surface area contributed by atoms with Gasteiger partial charge in [0, 0.05) is 10.6 Å². The van der Waals surface area contributed by atoms with Crippen molar-refractivity contribution < 1.29 is 27.4 Å². The Balaban J connectivity index is 2.45. The van der Waals surface area contributed by atoms with Crippen molar-refractivity contribution in [2.75, 3.05) is 5.75 Å². The molecule has 0 aromatic heterocycles. The standard InChI is InChI=1S/C13H13ClFNO5S/c1-3-22(19,20)16-12-10(17)11(18)13(2,21-12)8-6-7(15)4-5-9(8)14/h4-6,16-17H,3H2,1-2H3. The summed E-state index contributed by atoms with van der Waals surface area (Å²) in [6.45, 7) is 2.64. The maximum Gasteiger partial charge on any atom is 0.250 e. The van der Waals surface area contributed by atoms with E-state index in [2.05, 4.69) is 0 Å². The van der Waals surface area contributed by atoms with E-state index in [-0.39, 0.29) is 16.3 Å². The van der Waals surface area contributed by atoms with Gasteiger partial charge in [0.2, 0.25) is 27.3 Å². The molecule has 1 aliphatic heterocycles. The molecule has 0 aliphatic carbocycles. The zero-order chi connectivity index (χ0) is 16.7. The molecule has 1 atom stereocenters. The number of aliphatic hydroxyl groups excluding tert-OH is 1. The lowest BCUT2D eigenvalue weighted by Crippen LogP contribution is -2.33. The van der Waals surface area contributed by atoms with Crippen LogP contribution in [0.2, 0.25) is 5.02 Å².